The van der Waals surface area contributed by atoms with E-state index in [-0.39, 0.29) is 5.91 Å². The number of nitrogens with zero attached hydrogens (tertiary/aromatic N) is 1. The summed E-state index contributed by atoms with van der Waals surface area (Å²) >= 11 is 0. The van der Waals surface area contributed by atoms with E-state index in [0.717, 1.165) is 5.75 Å². The number of carbonyl (C=O) groups excluding carboxylic acids is 1. The Hall–Kier alpha value is -4.00. The largest absolute Gasteiger partial charge is 0.490 e. The minimum absolute atomic E-state index is 0.260. The van der Waals surface area contributed by atoms with Gasteiger partial charge < -0.3 is 23.9 Å². The SMILES string of the molecule is CCOc1cc(C(=O)Nc2ccc3oc(C)nc3c2)ccc1OCCOc1ccccc1. The normalized spacial score (nSPS) is 10.7. The quantitative estimate of drug-likeness (QED) is 0.364. The van der Waals surface area contributed by atoms with Crippen LogP contribution in [0.2, 0.25) is 0 Å². The number of oxazole rings is 1. The Labute approximate surface area is 185 Å². The first kappa shape index (κ1) is 21.2. The van der Waals surface area contributed by atoms with Gasteiger partial charge in [0, 0.05) is 18.2 Å². The van der Waals surface area contributed by atoms with Gasteiger partial charge in [0.1, 0.15) is 24.5 Å². The number of anilines is 1. The average Bonchev–Trinajstić information content (AvgIpc) is 3.17. The Morgan fingerprint density at radius 3 is 2.56 bits per heavy atom. The summed E-state index contributed by atoms with van der Waals surface area (Å²) in [6, 6.07) is 20.0. The van der Waals surface area contributed by atoms with E-state index in [4.69, 9.17) is 18.6 Å². The highest BCUT2D eigenvalue weighted by Crippen LogP contribution is 2.29. The lowest BCUT2D eigenvalue weighted by atomic mass is 10.1. The number of amides is 1. The van der Waals surface area contributed by atoms with Gasteiger partial charge in [0.05, 0.1) is 6.61 Å². The number of benzene rings is 3. The van der Waals surface area contributed by atoms with E-state index in [2.05, 4.69) is 10.3 Å². The summed E-state index contributed by atoms with van der Waals surface area (Å²) in [6.45, 7) is 4.85. The molecule has 0 saturated heterocycles. The second-order valence-corrected chi connectivity index (χ2v) is 6.97. The van der Waals surface area contributed by atoms with E-state index >= 15 is 0 Å². The molecule has 1 N–H and O–H groups in total. The van der Waals surface area contributed by atoms with Crippen LogP contribution in [0, 0.1) is 6.92 Å². The van der Waals surface area contributed by atoms with Crippen LogP contribution in [0.3, 0.4) is 0 Å². The Kier molecular flexibility index (Phi) is 6.55. The fourth-order valence-corrected chi connectivity index (χ4v) is 3.19. The van der Waals surface area contributed by atoms with Crippen LogP contribution in [-0.2, 0) is 0 Å². The van der Waals surface area contributed by atoms with Crippen LogP contribution in [0.15, 0.2) is 71.1 Å². The fourth-order valence-electron chi connectivity index (χ4n) is 3.19. The number of aryl methyl sites for hydroxylation is 1. The van der Waals surface area contributed by atoms with Gasteiger partial charge in [0.2, 0.25) is 0 Å². The van der Waals surface area contributed by atoms with Crippen molar-refractivity contribution in [3.8, 4) is 17.2 Å². The van der Waals surface area contributed by atoms with Crippen LogP contribution >= 0.6 is 0 Å². The minimum atomic E-state index is -0.260. The maximum Gasteiger partial charge on any atom is 0.255 e. The lowest BCUT2D eigenvalue weighted by molar-refractivity contribution is 0.102. The third-order valence-electron chi connectivity index (χ3n) is 4.61. The van der Waals surface area contributed by atoms with E-state index in [1.165, 1.54) is 0 Å². The van der Waals surface area contributed by atoms with Crippen LogP contribution in [0.4, 0.5) is 5.69 Å². The number of ether oxygens (including phenoxy) is 3. The lowest BCUT2D eigenvalue weighted by Gasteiger charge is -2.14. The van der Waals surface area contributed by atoms with Gasteiger partial charge in [-0.25, -0.2) is 4.98 Å². The van der Waals surface area contributed by atoms with Crippen molar-refractivity contribution < 1.29 is 23.4 Å². The molecule has 0 unspecified atom stereocenters. The smallest absolute Gasteiger partial charge is 0.255 e. The standard InChI is InChI=1S/C25H24N2O5/c1-3-29-24-15-18(9-11-23(24)31-14-13-30-20-7-5-4-6-8-20)25(28)27-19-10-12-22-21(16-19)26-17(2)32-22/h4-12,15-16H,3,13-14H2,1-2H3,(H,27,28). The molecule has 7 heteroatoms. The first-order valence-corrected chi connectivity index (χ1v) is 10.4. The van der Waals surface area contributed by atoms with E-state index in [9.17, 15) is 4.79 Å². The summed E-state index contributed by atoms with van der Waals surface area (Å²) in [6.07, 6.45) is 0. The maximum absolute atomic E-state index is 12.8. The van der Waals surface area contributed by atoms with Gasteiger partial charge in [-0.15, -0.1) is 0 Å². The summed E-state index contributed by atoms with van der Waals surface area (Å²) in [4.78, 5) is 17.1. The van der Waals surface area contributed by atoms with Crippen LogP contribution in [0.25, 0.3) is 11.1 Å². The molecule has 0 spiro atoms. The molecule has 164 valence electrons. The van der Waals surface area contributed by atoms with E-state index in [1.807, 2.05) is 37.3 Å². The fraction of sp³-hybridized carbons (Fsp3) is 0.200. The number of rotatable bonds is 9. The molecule has 0 aliphatic carbocycles. The predicted octanol–water partition coefficient (Wildman–Crippen LogP) is 5.25. The van der Waals surface area contributed by atoms with Crippen molar-refractivity contribution in [3.63, 3.8) is 0 Å². The van der Waals surface area contributed by atoms with Crippen molar-refractivity contribution in [1.82, 2.24) is 4.98 Å². The zero-order valence-corrected chi connectivity index (χ0v) is 18.0. The van der Waals surface area contributed by atoms with Crippen LogP contribution < -0.4 is 19.5 Å². The highest BCUT2D eigenvalue weighted by Gasteiger charge is 2.13. The summed E-state index contributed by atoms with van der Waals surface area (Å²) < 4.78 is 22.6. The Balaban J connectivity index is 1.40. The number of aromatic nitrogens is 1. The van der Waals surface area contributed by atoms with Crippen molar-refractivity contribution in [1.29, 1.82) is 0 Å². The highest BCUT2D eigenvalue weighted by molar-refractivity contribution is 6.05. The van der Waals surface area contributed by atoms with Gasteiger partial charge in [0.15, 0.2) is 23.0 Å². The van der Waals surface area contributed by atoms with Gasteiger partial charge in [-0.05, 0) is 55.5 Å². The van der Waals surface area contributed by atoms with Gasteiger partial charge in [-0.1, -0.05) is 18.2 Å². The molecule has 0 fully saturated rings. The van der Waals surface area contributed by atoms with Crippen molar-refractivity contribution in [2.75, 3.05) is 25.1 Å². The van der Waals surface area contributed by atoms with Gasteiger partial charge in [-0.2, -0.15) is 0 Å². The molecular formula is C25H24N2O5. The minimum Gasteiger partial charge on any atom is -0.490 e. The van der Waals surface area contributed by atoms with Crippen LogP contribution in [0.5, 0.6) is 17.2 Å². The average molecular weight is 432 g/mol. The molecule has 0 atom stereocenters. The molecule has 4 rings (SSSR count). The van der Waals surface area contributed by atoms with Crippen LogP contribution in [0.1, 0.15) is 23.2 Å². The molecule has 3 aromatic carbocycles. The Morgan fingerprint density at radius 1 is 0.938 bits per heavy atom. The summed E-state index contributed by atoms with van der Waals surface area (Å²) in [7, 11) is 0. The predicted molar refractivity (Wildman–Crippen MR) is 122 cm³/mol. The Morgan fingerprint density at radius 2 is 1.75 bits per heavy atom. The molecule has 1 amide bonds. The first-order chi connectivity index (χ1) is 15.6. The zero-order valence-electron chi connectivity index (χ0n) is 18.0. The van der Waals surface area contributed by atoms with Crippen molar-refractivity contribution >= 4 is 22.7 Å². The van der Waals surface area contributed by atoms with E-state index < -0.39 is 0 Å². The van der Waals surface area contributed by atoms with Gasteiger partial charge in [-0.3, -0.25) is 4.79 Å². The number of hydrogen-bond acceptors (Lipinski definition) is 6. The molecule has 7 nitrogen and oxygen atoms in total. The number of carbonyl (C=O) groups is 1. The zero-order chi connectivity index (χ0) is 22.3. The lowest BCUT2D eigenvalue weighted by Crippen LogP contribution is -2.13. The molecule has 1 heterocycles. The summed E-state index contributed by atoms with van der Waals surface area (Å²) in [5, 5.41) is 2.88. The third-order valence-corrected chi connectivity index (χ3v) is 4.61. The third kappa shape index (κ3) is 5.18. The number of hydrogen-bond donors (Lipinski definition) is 1. The summed E-state index contributed by atoms with van der Waals surface area (Å²) in [5.41, 5.74) is 2.46. The topological polar surface area (TPSA) is 82.8 Å². The maximum atomic E-state index is 12.8. The second kappa shape index (κ2) is 9.87. The van der Waals surface area contributed by atoms with Crippen LogP contribution in [-0.4, -0.2) is 30.7 Å². The highest BCUT2D eigenvalue weighted by atomic mass is 16.5. The van der Waals surface area contributed by atoms with E-state index in [1.54, 1.807) is 43.3 Å². The van der Waals surface area contributed by atoms with Crippen molar-refractivity contribution in [2.45, 2.75) is 13.8 Å². The number of fused-ring (bicyclic) bond motifs is 1. The van der Waals surface area contributed by atoms with Crippen molar-refractivity contribution in [3.05, 3.63) is 78.2 Å². The monoisotopic (exact) mass is 432 g/mol. The van der Waals surface area contributed by atoms with Crippen molar-refractivity contribution in [2.24, 2.45) is 0 Å². The summed E-state index contributed by atoms with van der Waals surface area (Å²) in [5.74, 6) is 2.16. The molecule has 0 aliphatic rings. The molecule has 1 aromatic heterocycles. The molecule has 0 saturated carbocycles. The van der Waals surface area contributed by atoms with Gasteiger partial charge in [0.25, 0.3) is 5.91 Å². The molecule has 4 aromatic rings. The number of para-hydroxylation sites is 1. The molecule has 0 bridgehead atoms. The van der Waals surface area contributed by atoms with E-state index in [0.29, 0.717) is 59.6 Å². The second-order valence-electron chi connectivity index (χ2n) is 6.97. The molecule has 32 heavy (non-hydrogen) atoms. The molecule has 0 radical (unpaired) electrons. The molecule has 0 aliphatic heterocycles. The first-order valence-electron chi connectivity index (χ1n) is 10.4. The van der Waals surface area contributed by atoms with Gasteiger partial charge >= 0.3 is 0 Å². The number of nitrogens with one attached hydrogen (secondary N) is 1. The molecular weight excluding hydrogens is 408 g/mol. The Bertz CT molecular complexity index is 1200.